The zero-order valence-corrected chi connectivity index (χ0v) is 12.8. The van der Waals surface area contributed by atoms with E-state index in [1.165, 1.54) is 4.70 Å². The van der Waals surface area contributed by atoms with Crippen LogP contribution in [0.5, 0.6) is 0 Å². The molecule has 3 rings (SSSR count). The predicted octanol–water partition coefficient (Wildman–Crippen LogP) is 4.16. The second-order valence-corrected chi connectivity index (χ2v) is 6.11. The highest BCUT2D eigenvalue weighted by molar-refractivity contribution is 9.10. The van der Waals surface area contributed by atoms with Crippen molar-refractivity contribution in [2.75, 3.05) is 7.05 Å². The molecule has 0 radical (unpaired) electrons. The highest BCUT2D eigenvalue weighted by atomic mass is 79.9. The van der Waals surface area contributed by atoms with Gasteiger partial charge in [0.05, 0.1) is 21.5 Å². The lowest BCUT2D eigenvalue weighted by Gasteiger charge is -2.13. The third-order valence-electron chi connectivity index (χ3n) is 3.09. The van der Waals surface area contributed by atoms with Crippen molar-refractivity contribution in [3.8, 4) is 0 Å². The number of benzene rings is 1. The average molecular weight is 337 g/mol. The van der Waals surface area contributed by atoms with Gasteiger partial charge in [-0.2, -0.15) is 0 Å². The van der Waals surface area contributed by atoms with Crippen molar-refractivity contribution in [3.63, 3.8) is 0 Å². The number of likely N-dealkylation sites (N-methyl/N-ethyl adjacent to an activating group) is 1. The normalized spacial score (nSPS) is 12.9. The lowest BCUT2D eigenvalue weighted by molar-refractivity contribution is 0.518. The molecule has 0 aliphatic rings. The number of rotatable bonds is 4. The van der Waals surface area contributed by atoms with Gasteiger partial charge < -0.3 is 9.73 Å². The zero-order valence-electron chi connectivity index (χ0n) is 10.4. The molecule has 0 aliphatic heterocycles. The Morgan fingerprint density at radius 1 is 1.37 bits per heavy atom. The van der Waals surface area contributed by atoms with Crippen LogP contribution < -0.4 is 5.32 Å². The van der Waals surface area contributed by atoms with Crippen LogP contribution in [0.3, 0.4) is 0 Å². The van der Waals surface area contributed by atoms with Gasteiger partial charge in [-0.05, 0) is 41.2 Å². The van der Waals surface area contributed by atoms with E-state index in [1.807, 2.05) is 25.2 Å². The predicted molar refractivity (Wildman–Crippen MR) is 81.5 cm³/mol. The fourth-order valence-corrected chi connectivity index (χ4v) is 3.63. The molecule has 1 atom stereocenters. The second kappa shape index (κ2) is 5.45. The third kappa shape index (κ3) is 2.59. The van der Waals surface area contributed by atoms with E-state index in [1.54, 1.807) is 17.6 Å². The molecule has 0 fully saturated rings. The molecule has 3 nitrogen and oxygen atoms in total. The standard InChI is InChI=1S/C14H13BrN2OS/c1-16-11(9-6-7-18-14(9)15)8-13-17-10-4-2-3-5-12(10)19-13/h2-7,11,16H,8H2,1H3. The summed E-state index contributed by atoms with van der Waals surface area (Å²) in [6.45, 7) is 0. The number of nitrogens with zero attached hydrogens (tertiary/aromatic N) is 1. The number of para-hydroxylation sites is 1. The minimum absolute atomic E-state index is 0.202. The summed E-state index contributed by atoms with van der Waals surface area (Å²) in [4.78, 5) is 4.67. The number of thiazole rings is 1. The van der Waals surface area contributed by atoms with Crippen LogP contribution in [0.1, 0.15) is 16.6 Å². The van der Waals surface area contributed by atoms with Crippen LogP contribution in [-0.4, -0.2) is 12.0 Å². The smallest absolute Gasteiger partial charge is 0.173 e. The number of fused-ring (bicyclic) bond motifs is 1. The van der Waals surface area contributed by atoms with E-state index in [4.69, 9.17) is 4.42 Å². The first kappa shape index (κ1) is 12.8. The van der Waals surface area contributed by atoms with E-state index in [0.717, 1.165) is 27.2 Å². The number of hydrogen-bond donors (Lipinski definition) is 1. The molecule has 0 saturated carbocycles. The molecule has 0 amide bonds. The molecular formula is C14H13BrN2OS. The summed E-state index contributed by atoms with van der Waals surface area (Å²) in [6.07, 6.45) is 2.55. The van der Waals surface area contributed by atoms with Crippen molar-refractivity contribution >= 4 is 37.5 Å². The molecule has 0 spiro atoms. The Bertz CT molecular complexity index is 658. The SMILES string of the molecule is CNC(Cc1nc2ccccc2s1)c1ccoc1Br. The van der Waals surface area contributed by atoms with Crippen molar-refractivity contribution in [2.24, 2.45) is 0 Å². The fraction of sp³-hybridized carbons (Fsp3) is 0.214. The summed E-state index contributed by atoms with van der Waals surface area (Å²) in [5, 5.41) is 4.45. The monoisotopic (exact) mass is 336 g/mol. The molecule has 98 valence electrons. The van der Waals surface area contributed by atoms with Gasteiger partial charge in [-0.25, -0.2) is 4.98 Å². The first-order valence-electron chi connectivity index (χ1n) is 6.02. The topological polar surface area (TPSA) is 38.1 Å². The lowest BCUT2D eigenvalue weighted by Crippen LogP contribution is -2.18. The Morgan fingerprint density at radius 3 is 2.89 bits per heavy atom. The number of hydrogen-bond acceptors (Lipinski definition) is 4. The average Bonchev–Trinajstić information content (AvgIpc) is 3.01. The first-order chi connectivity index (χ1) is 9.28. The van der Waals surface area contributed by atoms with Crippen molar-refractivity contribution in [2.45, 2.75) is 12.5 Å². The maximum Gasteiger partial charge on any atom is 0.173 e. The van der Waals surface area contributed by atoms with E-state index in [-0.39, 0.29) is 6.04 Å². The van der Waals surface area contributed by atoms with Crippen LogP contribution in [0.4, 0.5) is 0 Å². The minimum atomic E-state index is 0.202. The van der Waals surface area contributed by atoms with Gasteiger partial charge in [0.2, 0.25) is 0 Å². The second-order valence-electron chi connectivity index (χ2n) is 4.27. The maximum absolute atomic E-state index is 5.30. The fourth-order valence-electron chi connectivity index (χ4n) is 2.10. The number of furan rings is 1. The summed E-state index contributed by atoms with van der Waals surface area (Å²) in [6, 6.07) is 10.4. The molecule has 1 aromatic carbocycles. The van der Waals surface area contributed by atoms with Crippen LogP contribution >= 0.6 is 27.3 Å². The minimum Gasteiger partial charge on any atom is -0.457 e. The van der Waals surface area contributed by atoms with Crippen molar-refractivity contribution in [1.29, 1.82) is 0 Å². The van der Waals surface area contributed by atoms with E-state index in [2.05, 4.69) is 38.4 Å². The zero-order chi connectivity index (χ0) is 13.2. The van der Waals surface area contributed by atoms with E-state index < -0.39 is 0 Å². The number of halogens is 1. The summed E-state index contributed by atoms with van der Waals surface area (Å²) < 4.78 is 7.32. The van der Waals surface area contributed by atoms with Crippen molar-refractivity contribution < 1.29 is 4.42 Å². The van der Waals surface area contributed by atoms with Gasteiger partial charge >= 0.3 is 0 Å². The van der Waals surface area contributed by atoms with Crippen LogP contribution in [0, 0.1) is 0 Å². The van der Waals surface area contributed by atoms with Gasteiger partial charge in [-0.15, -0.1) is 11.3 Å². The van der Waals surface area contributed by atoms with Crippen LogP contribution in [0.15, 0.2) is 45.7 Å². The quantitative estimate of drug-likeness (QED) is 0.777. The van der Waals surface area contributed by atoms with Gasteiger partial charge in [-0.3, -0.25) is 0 Å². The number of nitrogens with one attached hydrogen (secondary N) is 1. The number of aromatic nitrogens is 1. The van der Waals surface area contributed by atoms with Crippen molar-refractivity contribution in [1.82, 2.24) is 10.3 Å². The molecule has 2 aromatic heterocycles. The molecule has 19 heavy (non-hydrogen) atoms. The Hall–Kier alpha value is -1.17. The summed E-state index contributed by atoms with van der Waals surface area (Å²) in [5.41, 5.74) is 2.20. The molecular weight excluding hydrogens is 324 g/mol. The molecule has 2 heterocycles. The van der Waals surface area contributed by atoms with Crippen molar-refractivity contribution in [3.05, 3.63) is 51.8 Å². The highest BCUT2D eigenvalue weighted by Gasteiger charge is 2.17. The molecule has 0 saturated heterocycles. The Morgan fingerprint density at radius 2 is 2.21 bits per heavy atom. The summed E-state index contributed by atoms with van der Waals surface area (Å²) >= 11 is 5.18. The highest BCUT2D eigenvalue weighted by Crippen LogP contribution is 2.29. The molecule has 0 aliphatic carbocycles. The van der Waals surface area contributed by atoms with E-state index in [9.17, 15) is 0 Å². The third-order valence-corrected chi connectivity index (χ3v) is 4.79. The molecule has 1 N–H and O–H groups in total. The van der Waals surface area contributed by atoms with Gasteiger partial charge in [0.1, 0.15) is 0 Å². The molecule has 0 bridgehead atoms. The summed E-state index contributed by atoms with van der Waals surface area (Å²) in [7, 11) is 1.96. The Kier molecular flexibility index (Phi) is 3.68. The van der Waals surface area contributed by atoms with Gasteiger partial charge in [0.15, 0.2) is 4.67 Å². The van der Waals surface area contributed by atoms with Gasteiger partial charge in [0.25, 0.3) is 0 Å². The largest absolute Gasteiger partial charge is 0.457 e. The lowest BCUT2D eigenvalue weighted by atomic mass is 10.1. The first-order valence-corrected chi connectivity index (χ1v) is 7.63. The molecule has 1 unspecified atom stereocenters. The van der Waals surface area contributed by atoms with Crippen LogP contribution in [-0.2, 0) is 6.42 Å². The van der Waals surface area contributed by atoms with Gasteiger partial charge in [-0.1, -0.05) is 12.1 Å². The van der Waals surface area contributed by atoms with Crippen LogP contribution in [0.2, 0.25) is 0 Å². The Labute approximate surface area is 123 Å². The summed E-state index contributed by atoms with van der Waals surface area (Å²) in [5.74, 6) is 0. The molecule has 5 heteroatoms. The van der Waals surface area contributed by atoms with E-state index in [0.29, 0.717) is 0 Å². The molecule has 3 aromatic rings. The Balaban J connectivity index is 1.88. The maximum atomic E-state index is 5.30. The van der Waals surface area contributed by atoms with E-state index >= 15 is 0 Å². The van der Waals surface area contributed by atoms with Gasteiger partial charge in [0, 0.05) is 18.0 Å². The van der Waals surface area contributed by atoms with Crippen LogP contribution in [0.25, 0.3) is 10.2 Å².